The minimum Gasteiger partial charge on any atom is -0.493 e. The summed E-state index contributed by atoms with van der Waals surface area (Å²) in [5.74, 6) is 1.48. The van der Waals surface area contributed by atoms with E-state index in [0.717, 1.165) is 12.8 Å². The van der Waals surface area contributed by atoms with Crippen LogP contribution in [0.2, 0.25) is 0 Å². The molecule has 1 saturated heterocycles. The van der Waals surface area contributed by atoms with Gasteiger partial charge in [-0.2, -0.15) is 0 Å². The van der Waals surface area contributed by atoms with Crippen LogP contribution in [0, 0.1) is 0 Å². The lowest BCUT2D eigenvalue weighted by Gasteiger charge is -2.19. The molecule has 1 aliphatic carbocycles. The second kappa shape index (κ2) is 8.23. The van der Waals surface area contributed by atoms with E-state index in [9.17, 15) is 4.79 Å². The average Bonchev–Trinajstić information content (AvgIpc) is 3.38. The Morgan fingerprint density at radius 3 is 2.50 bits per heavy atom. The lowest BCUT2D eigenvalue weighted by molar-refractivity contribution is 0.0788. The summed E-state index contributed by atoms with van der Waals surface area (Å²) in [4.78, 5) is 14.9. The van der Waals surface area contributed by atoms with Gasteiger partial charge in [-0.15, -0.1) is 0 Å². The van der Waals surface area contributed by atoms with Crippen LogP contribution in [0.5, 0.6) is 11.5 Å². The number of hydrogen-bond donors (Lipinski definition) is 1. The second-order valence-electron chi connectivity index (χ2n) is 7.78. The van der Waals surface area contributed by atoms with E-state index in [0.29, 0.717) is 30.2 Å². The first-order chi connectivity index (χ1) is 13.7. The van der Waals surface area contributed by atoms with E-state index in [1.54, 1.807) is 13.2 Å². The van der Waals surface area contributed by atoms with Gasteiger partial charge in [-0.1, -0.05) is 30.3 Å². The van der Waals surface area contributed by atoms with Crippen LogP contribution in [0.15, 0.2) is 48.5 Å². The molecule has 2 aliphatic rings. The predicted molar refractivity (Wildman–Crippen MR) is 109 cm³/mol. The van der Waals surface area contributed by atoms with Gasteiger partial charge < -0.3 is 20.1 Å². The van der Waals surface area contributed by atoms with Gasteiger partial charge in [0, 0.05) is 30.6 Å². The van der Waals surface area contributed by atoms with Crippen LogP contribution in [0.1, 0.15) is 47.5 Å². The zero-order chi connectivity index (χ0) is 19.5. The van der Waals surface area contributed by atoms with Gasteiger partial charge in [-0.05, 0) is 49.4 Å². The molecule has 5 nitrogen and oxygen atoms in total. The molecule has 28 heavy (non-hydrogen) atoms. The Balaban J connectivity index is 1.48. The van der Waals surface area contributed by atoms with Crippen molar-refractivity contribution in [3.05, 3.63) is 59.7 Å². The minimum atomic E-state index is -0.0572. The highest BCUT2D eigenvalue weighted by atomic mass is 16.5. The summed E-state index contributed by atoms with van der Waals surface area (Å²) in [6, 6.07) is 15.6. The van der Waals surface area contributed by atoms with Crippen molar-refractivity contribution in [1.29, 1.82) is 0 Å². The minimum absolute atomic E-state index is 0.0143. The van der Waals surface area contributed by atoms with Crippen LogP contribution in [-0.4, -0.2) is 43.2 Å². The molecule has 148 valence electrons. The number of nitrogens with two attached hydrogens (primary N) is 1. The van der Waals surface area contributed by atoms with E-state index in [2.05, 4.69) is 12.1 Å². The Hall–Kier alpha value is -2.53. The topological polar surface area (TPSA) is 64.8 Å². The smallest absolute Gasteiger partial charge is 0.254 e. The molecule has 0 spiro atoms. The van der Waals surface area contributed by atoms with Gasteiger partial charge in [0.05, 0.1) is 13.2 Å². The molecule has 0 bridgehead atoms. The third-order valence-electron chi connectivity index (χ3n) is 5.89. The lowest BCUT2D eigenvalue weighted by atomic mass is 9.95. The van der Waals surface area contributed by atoms with Crippen molar-refractivity contribution >= 4 is 5.91 Å². The molecule has 2 atom stereocenters. The molecule has 2 fully saturated rings. The van der Waals surface area contributed by atoms with Gasteiger partial charge in [0.25, 0.3) is 5.91 Å². The van der Waals surface area contributed by atoms with Crippen LogP contribution in [-0.2, 0) is 0 Å². The quantitative estimate of drug-likeness (QED) is 0.861. The molecule has 4 rings (SSSR count). The predicted octanol–water partition coefficient (Wildman–Crippen LogP) is 3.58. The monoisotopic (exact) mass is 380 g/mol. The first-order valence-electron chi connectivity index (χ1n) is 10.1. The van der Waals surface area contributed by atoms with E-state index in [4.69, 9.17) is 15.2 Å². The molecular weight excluding hydrogens is 352 g/mol. The van der Waals surface area contributed by atoms with Crippen molar-refractivity contribution in [2.24, 2.45) is 5.73 Å². The van der Waals surface area contributed by atoms with Crippen molar-refractivity contribution in [2.75, 3.05) is 20.2 Å². The standard InChI is InChI=1S/C23H28N2O3/c1-27-22-13-17(11-12-21(22)28-18-9-5-6-10-18)23(26)25-14-19(20(24)15-25)16-7-3-2-4-8-16/h2-4,7-8,11-13,18-20H,5-6,9-10,14-15,24H2,1H3/t19-,20+/m0/s1. The largest absolute Gasteiger partial charge is 0.493 e. The van der Waals surface area contributed by atoms with Crippen LogP contribution < -0.4 is 15.2 Å². The third kappa shape index (κ3) is 3.85. The highest BCUT2D eigenvalue weighted by Gasteiger charge is 2.34. The number of carbonyl (C=O) groups is 1. The van der Waals surface area contributed by atoms with Crippen molar-refractivity contribution in [3.8, 4) is 11.5 Å². The lowest BCUT2D eigenvalue weighted by Crippen LogP contribution is -2.32. The maximum atomic E-state index is 13.1. The number of nitrogens with zero attached hydrogens (tertiary/aromatic N) is 1. The molecule has 2 aromatic carbocycles. The fourth-order valence-electron chi connectivity index (χ4n) is 4.31. The third-order valence-corrected chi connectivity index (χ3v) is 5.89. The number of hydrogen-bond acceptors (Lipinski definition) is 4. The van der Waals surface area contributed by atoms with Crippen LogP contribution in [0.4, 0.5) is 0 Å². The second-order valence-corrected chi connectivity index (χ2v) is 7.78. The normalized spacial score (nSPS) is 22.4. The Morgan fingerprint density at radius 1 is 1.04 bits per heavy atom. The number of rotatable bonds is 5. The van der Waals surface area contributed by atoms with E-state index in [1.807, 2.05) is 35.2 Å². The van der Waals surface area contributed by atoms with E-state index >= 15 is 0 Å². The number of benzene rings is 2. The summed E-state index contributed by atoms with van der Waals surface area (Å²) in [6.07, 6.45) is 4.83. The number of likely N-dealkylation sites (tertiary alicyclic amines) is 1. The van der Waals surface area contributed by atoms with Gasteiger partial charge in [0.1, 0.15) is 0 Å². The Morgan fingerprint density at radius 2 is 1.79 bits per heavy atom. The van der Waals surface area contributed by atoms with Crippen LogP contribution in [0.3, 0.4) is 0 Å². The van der Waals surface area contributed by atoms with Crippen molar-refractivity contribution < 1.29 is 14.3 Å². The Bertz CT molecular complexity index is 818. The highest BCUT2D eigenvalue weighted by Crippen LogP contribution is 2.33. The van der Waals surface area contributed by atoms with Crippen LogP contribution in [0.25, 0.3) is 0 Å². The zero-order valence-corrected chi connectivity index (χ0v) is 16.3. The maximum absolute atomic E-state index is 13.1. The highest BCUT2D eigenvalue weighted by molar-refractivity contribution is 5.95. The van der Waals surface area contributed by atoms with Gasteiger partial charge in [-0.3, -0.25) is 4.79 Å². The van der Waals surface area contributed by atoms with E-state index in [1.165, 1.54) is 18.4 Å². The van der Waals surface area contributed by atoms with E-state index in [-0.39, 0.29) is 24.0 Å². The maximum Gasteiger partial charge on any atom is 0.254 e. The van der Waals surface area contributed by atoms with Crippen molar-refractivity contribution in [2.45, 2.75) is 43.7 Å². The summed E-state index contributed by atoms with van der Waals surface area (Å²) in [5, 5.41) is 0. The number of amides is 1. The fourth-order valence-corrected chi connectivity index (χ4v) is 4.31. The first-order valence-corrected chi connectivity index (χ1v) is 10.1. The van der Waals surface area contributed by atoms with Gasteiger partial charge in [-0.25, -0.2) is 0 Å². The van der Waals surface area contributed by atoms with Gasteiger partial charge in [0.15, 0.2) is 11.5 Å². The Kier molecular flexibility index (Phi) is 5.53. The van der Waals surface area contributed by atoms with Gasteiger partial charge in [0.2, 0.25) is 0 Å². The molecule has 1 saturated carbocycles. The molecule has 0 aromatic heterocycles. The van der Waals surface area contributed by atoms with Gasteiger partial charge >= 0.3 is 0 Å². The molecule has 2 aromatic rings. The molecule has 2 N–H and O–H groups in total. The molecule has 0 unspecified atom stereocenters. The number of ether oxygens (including phenoxy) is 2. The summed E-state index contributed by atoms with van der Waals surface area (Å²) in [5.41, 5.74) is 8.14. The van der Waals surface area contributed by atoms with Crippen LogP contribution >= 0.6 is 0 Å². The molecule has 1 amide bonds. The summed E-state index contributed by atoms with van der Waals surface area (Å²) >= 11 is 0. The fraction of sp³-hybridized carbons (Fsp3) is 0.435. The molecule has 1 aliphatic heterocycles. The average molecular weight is 380 g/mol. The molecule has 0 radical (unpaired) electrons. The zero-order valence-electron chi connectivity index (χ0n) is 16.3. The summed E-state index contributed by atoms with van der Waals surface area (Å²) < 4.78 is 11.6. The number of methoxy groups -OCH3 is 1. The molecular formula is C23H28N2O3. The Labute approximate surface area is 166 Å². The van der Waals surface area contributed by atoms with E-state index < -0.39 is 0 Å². The van der Waals surface area contributed by atoms with Crippen molar-refractivity contribution in [3.63, 3.8) is 0 Å². The molecule has 5 heteroatoms. The van der Waals surface area contributed by atoms with Crippen molar-refractivity contribution in [1.82, 2.24) is 4.90 Å². The summed E-state index contributed by atoms with van der Waals surface area (Å²) in [7, 11) is 1.61. The SMILES string of the molecule is COc1cc(C(=O)N2C[C@@H](N)[C@H](c3ccccc3)C2)ccc1OC1CCCC1. The first kappa shape index (κ1) is 18.8. The molecule has 1 heterocycles. The number of carbonyl (C=O) groups excluding carboxylic acids is 1. The summed E-state index contributed by atoms with van der Waals surface area (Å²) in [6.45, 7) is 1.19.